The maximum Gasteiger partial charge on any atom is 0.171 e. The summed E-state index contributed by atoms with van der Waals surface area (Å²) in [6.45, 7) is 0.336. The molecule has 1 heterocycles. The molecule has 4 rings (SSSR count). The highest BCUT2D eigenvalue weighted by Crippen LogP contribution is 2.37. The maximum atomic E-state index is 12.6. The number of Topliss-reactive ketones (excluding diaryl/α,β-unsaturated/α-hetero) is 1. The third kappa shape index (κ3) is 3.88. The quantitative estimate of drug-likeness (QED) is 0.658. The van der Waals surface area contributed by atoms with Crippen LogP contribution in [0, 0.1) is 0 Å². The van der Waals surface area contributed by atoms with E-state index in [1.807, 2.05) is 30.3 Å². The number of allylic oxidation sites excluding steroid dienone is 1. The number of thiocarbonyl (C=S) groups is 1. The lowest BCUT2D eigenvalue weighted by Crippen LogP contribution is -2.46. The SMILES string of the molecule is O=C1CCCC2=C1C(c1ccccc1OCc1ccc(Cl)c(Cl)c1)NC(=S)N2. The predicted octanol–water partition coefficient (Wildman–Crippen LogP) is 5.10. The summed E-state index contributed by atoms with van der Waals surface area (Å²) in [7, 11) is 0. The minimum absolute atomic E-state index is 0.146. The molecule has 0 aromatic heterocycles. The lowest BCUT2D eigenvalue weighted by Gasteiger charge is -2.34. The zero-order chi connectivity index (χ0) is 19.7. The van der Waals surface area contributed by atoms with Gasteiger partial charge in [0.2, 0.25) is 0 Å². The predicted molar refractivity (Wildman–Crippen MR) is 115 cm³/mol. The first kappa shape index (κ1) is 19.2. The number of nitrogens with one attached hydrogen (secondary N) is 2. The number of hydrogen-bond donors (Lipinski definition) is 2. The second kappa shape index (κ2) is 8.11. The molecule has 0 amide bonds. The summed E-state index contributed by atoms with van der Waals surface area (Å²) < 4.78 is 6.08. The molecular weight excluding hydrogens is 415 g/mol. The highest BCUT2D eigenvalue weighted by atomic mass is 35.5. The summed E-state index contributed by atoms with van der Waals surface area (Å²) in [6.07, 6.45) is 2.22. The first-order valence-electron chi connectivity index (χ1n) is 9.02. The van der Waals surface area contributed by atoms with Crippen LogP contribution in [0.4, 0.5) is 0 Å². The van der Waals surface area contributed by atoms with Crippen LogP contribution in [0.5, 0.6) is 5.75 Å². The van der Waals surface area contributed by atoms with Gasteiger partial charge in [-0.15, -0.1) is 0 Å². The van der Waals surface area contributed by atoms with Crippen LogP contribution in [0.25, 0.3) is 0 Å². The van der Waals surface area contributed by atoms with E-state index in [9.17, 15) is 4.79 Å². The Morgan fingerprint density at radius 3 is 2.75 bits per heavy atom. The van der Waals surface area contributed by atoms with Crippen LogP contribution in [0.1, 0.15) is 36.4 Å². The van der Waals surface area contributed by atoms with E-state index in [-0.39, 0.29) is 11.8 Å². The van der Waals surface area contributed by atoms with Crippen LogP contribution in [0.2, 0.25) is 10.0 Å². The van der Waals surface area contributed by atoms with Gasteiger partial charge in [0.25, 0.3) is 0 Å². The van der Waals surface area contributed by atoms with Crippen LogP contribution in [-0.2, 0) is 11.4 Å². The summed E-state index contributed by atoms with van der Waals surface area (Å²) in [5, 5.41) is 7.91. The van der Waals surface area contributed by atoms with Crippen LogP contribution >= 0.6 is 35.4 Å². The normalized spacial score (nSPS) is 19.0. The highest BCUT2D eigenvalue weighted by Gasteiger charge is 2.34. The Bertz CT molecular complexity index is 990. The molecule has 7 heteroatoms. The Kier molecular flexibility index (Phi) is 5.58. The van der Waals surface area contributed by atoms with Gasteiger partial charge in [0.05, 0.1) is 16.1 Å². The smallest absolute Gasteiger partial charge is 0.171 e. The van der Waals surface area contributed by atoms with E-state index in [2.05, 4.69) is 10.6 Å². The number of benzene rings is 2. The van der Waals surface area contributed by atoms with Gasteiger partial charge in [-0.1, -0.05) is 47.5 Å². The third-order valence-corrected chi connectivity index (χ3v) is 5.85. The molecule has 1 aliphatic carbocycles. The fraction of sp³-hybridized carbons (Fsp3) is 0.238. The van der Waals surface area contributed by atoms with Gasteiger partial charge in [-0.25, -0.2) is 0 Å². The highest BCUT2D eigenvalue weighted by molar-refractivity contribution is 7.80. The van der Waals surface area contributed by atoms with Gasteiger partial charge in [0, 0.05) is 23.3 Å². The molecule has 28 heavy (non-hydrogen) atoms. The molecule has 0 radical (unpaired) electrons. The lowest BCUT2D eigenvalue weighted by atomic mass is 9.85. The molecule has 2 aromatic carbocycles. The van der Waals surface area contributed by atoms with E-state index in [4.69, 9.17) is 40.2 Å². The minimum Gasteiger partial charge on any atom is -0.489 e. The summed E-state index contributed by atoms with van der Waals surface area (Å²) in [5.41, 5.74) is 3.47. The molecule has 1 aliphatic heterocycles. The van der Waals surface area contributed by atoms with Crippen molar-refractivity contribution in [3.63, 3.8) is 0 Å². The summed E-state index contributed by atoms with van der Waals surface area (Å²) >= 11 is 17.4. The number of halogens is 2. The molecule has 0 saturated heterocycles. The van der Waals surface area contributed by atoms with Crippen molar-refractivity contribution < 1.29 is 9.53 Å². The van der Waals surface area contributed by atoms with Crippen LogP contribution in [0.15, 0.2) is 53.7 Å². The molecule has 1 atom stereocenters. The average Bonchev–Trinajstić information content (AvgIpc) is 2.68. The largest absolute Gasteiger partial charge is 0.489 e. The summed E-state index contributed by atoms with van der Waals surface area (Å²) in [6, 6.07) is 12.8. The zero-order valence-electron chi connectivity index (χ0n) is 14.9. The van der Waals surface area contributed by atoms with Crippen molar-refractivity contribution in [2.24, 2.45) is 0 Å². The third-order valence-electron chi connectivity index (χ3n) is 4.89. The summed E-state index contributed by atoms with van der Waals surface area (Å²) in [5.74, 6) is 0.842. The van der Waals surface area contributed by atoms with Crippen LogP contribution in [-0.4, -0.2) is 10.9 Å². The van der Waals surface area contributed by atoms with Crippen molar-refractivity contribution in [3.05, 3.63) is 74.9 Å². The van der Waals surface area contributed by atoms with Crippen molar-refractivity contribution in [2.75, 3.05) is 0 Å². The van der Waals surface area contributed by atoms with E-state index >= 15 is 0 Å². The van der Waals surface area contributed by atoms with Gasteiger partial charge >= 0.3 is 0 Å². The van der Waals surface area contributed by atoms with Crippen LogP contribution < -0.4 is 15.4 Å². The molecule has 2 N–H and O–H groups in total. The topological polar surface area (TPSA) is 50.4 Å². The molecule has 0 fully saturated rings. The Morgan fingerprint density at radius 2 is 1.93 bits per heavy atom. The molecule has 2 aromatic rings. The molecule has 0 spiro atoms. The molecule has 4 nitrogen and oxygen atoms in total. The Labute approximate surface area is 178 Å². The Morgan fingerprint density at radius 1 is 1.11 bits per heavy atom. The Balaban J connectivity index is 1.64. The number of hydrogen-bond acceptors (Lipinski definition) is 3. The first-order valence-corrected chi connectivity index (χ1v) is 10.2. The number of ether oxygens (including phenoxy) is 1. The monoisotopic (exact) mass is 432 g/mol. The number of carbonyl (C=O) groups is 1. The fourth-order valence-corrected chi connectivity index (χ4v) is 4.14. The van der Waals surface area contributed by atoms with Crippen molar-refractivity contribution in [1.82, 2.24) is 10.6 Å². The van der Waals surface area contributed by atoms with Gasteiger partial charge in [-0.3, -0.25) is 4.79 Å². The standard InChI is InChI=1S/C21H18Cl2N2O2S/c22-14-9-8-12(10-15(14)23)11-27-18-7-2-1-4-13(18)20-19-16(24-21(28)25-20)5-3-6-17(19)26/h1-2,4,7-10,20H,3,5-6,11H2,(H2,24,25,28). The molecule has 0 saturated carbocycles. The van der Waals surface area contributed by atoms with E-state index in [1.165, 1.54) is 0 Å². The maximum absolute atomic E-state index is 12.6. The van der Waals surface area contributed by atoms with E-state index < -0.39 is 0 Å². The van der Waals surface area contributed by atoms with Crippen molar-refractivity contribution in [3.8, 4) is 5.75 Å². The van der Waals surface area contributed by atoms with Crippen molar-refractivity contribution in [1.29, 1.82) is 0 Å². The van der Waals surface area contributed by atoms with E-state index in [0.29, 0.717) is 33.9 Å². The van der Waals surface area contributed by atoms with E-state index in [0.717, 1.165) is 35.2 Å². The van der Waals surface area contributed by atoms with E-state index in [1.54, 1.807) is 12.1 Å². The minimum atomic E-state index is -0.318. The van der Waals surface area contributed by atoms with Gasteiger partial charge in [-0.2, -0.15) is 0 Å². The lowest BCUT2D eigenvalue weighted by molar-refractivity contribution is -0.116. The second-order valence-electron chi connectivity index (χ2n) is 6.78. The first-order chi connectivity index (χ1) is 13.5. The van der Waals surface area contributed by atoms with Gasteiger partial charge < -0.3 is 15.4 Å². The molecule has 1 unspecified atom stereocenters. The zero-order valence-corrected chi connectivity index (χ0v) is 17.3. The number of para-hydroxylation sites is 1. The van der Waals surface area contributed by atoms with Gasteiger partial charge in [-0.05, 0) is 48.8 Å². The fourth-order valence-electron chi connectivity index (χ4n) is 3.58. The number of rotatable bonds is 4. The Hall–Kier alpha value is -2.08. The molecule has 2 aliphatic rings. The summed E-state index contributed by atoms with van der Waals surface area (Å²) in [4.78, 5) is 12.6. The number of ketones is 1. The molecule has 144 valence electrons. The van der Waals surface area contributed by atoms with Crippen molar-refractivity contribution in [2.45, 2.75) is 31.9 Å². The van der Waals surface area contributed by atoms with Gasteiger partial charge in [0.1, 0.15) is 12.4 Å². The molecule has 0 bridgehead atoms. The average molecular weight is 433 g/mol. The van der Waals surface area contributed by atoms with Crippen LogP contribution in [0.3, 0.4) is 0 Å². The molecular formula is C21H18Cl2N2O2S. The second-order valence-corrected chi connectivity index (χ2v) is 8.00. The number of carbonyl (C=O) groups excluding carboxylic acids is 1. The van der Waals surface area contributed by atoms with Crippen molar-refractivity contribution >= 4 is 46.3 Å². The van der Waals surface area contributed by atoms with Gasteiger partial charge in [0.15, 0.2) is 10.9 Å².